The zero-order chi connectivity index (χ0) is 15.4. The van der Waals surface area contributed by atoms with Crippen LogP contribution < -0.4 is 4.74 Å². The number of benzene rings is 2. The van der Waals surface area contributed by atoms with Gasteiger partial charge >= 0.3 is 0 Å². The molecule has 0 spiro atoms. The second-order valence-electron chi connectivity index (χ2n) is 4.03. The van der Waals surface area contributed by atoms with Crippen molar-refractivity contribution in [1.29, 1.82) is 5.26 Å². The monoisotopic (exact) mass is 291 g/mol. The molecular weight excluding hydrogens is 283 g/mol. The minimum absolute atomic E-state index is 0.164. The fraction of sp³-hybridized carbons (Fsp3) is 0.0667. The summed E-state index contributed by atoms with van der Waals surface area (Å²) in [6.07, 6.45) is 0. The van der Waals surface area contributed by atoms with E-state index in [0.717, 1.165) is 24.3 Å². The van der Waals surface area contributed by atoms with E-state index < -0.39 is 35.4 Å². The molecule has 3 nitrogen and oxygen atoms in total. The van der Waals surface area contributed by atoms with Crippen LogP contribution in [0, 0.1) is 28.8 Å². The van der Waals surface area contributed by atoms with E-state index in [2.05, 4.69) is 0 Å². The molecule has 0 aliphatic heterocycles. The van der Waals surface area contributed by atoms with E-state index in [1.165, 1.54) is 12.1 Å². The van der Waals surface area contributed by atoms with Crippen LogP contribution >= 0.6 is 0 Å². The quantitative estimate of drug-likeness (QED) is 0.813. The molecule has 0 saturated carbocycles. The number of halogens is 3. The third-order valence-electron chi connectivity index (χ3n) is 2.69. The van der Waals surface area contributed by atoms with Gasteiger partial charge in [0.05, 0.1) is 5.56 Å². The van der Waals surface area contributed by atoms with Crippen molar-refractivity contribution in [3.05, 3.63) is 65.0 Å². The molecule has 2 rings (SSSR count). The molecule has 0 amide bonds. The Bertz CT molecular complexity index is 718. The van der Waals surface area contributed by atoms with Crippen molar-refractivity contribution in [2.75, 3.05) is 6.61 Å². The van der Waals surface area contributed by atoms with Crippen molar-refractivity contribution in [2.24, 2.45) is 0 Å². The largest absolute Gasteiger partial charge is 0.484 e. The molecule has 0 aliphatic rings. The molecule has 0 bridgehead atoms. The van der Waals surface area contributed by atoms with Gasteiger partial charge in [0.1, 0.15) is 34.8 Å². The molecule has 0 heterocycles. The van der Waals surface area contributed by atoms with E-state index in [1.807, 2.05) is 0 Å². The molecule has 0 aromatic heterocycles. The molecule has 2 aromatic rings. The number of carbonyl (C=O) groups is 1. The summed E-state index contributed by atoms with van der Waals surface area (Å²) in [6.45, 7) is -0.712. The van der Waals surface area contributed by atoms with Crippen molar-refractivity contribution in [2.45, 2.75) is 0 Å². The highest BCUT2D eigenvalue weighted by molar-refractivity contribution is 5.97. The summed E-state index contributed by atoms with van der Waals surface area (Å²) >= 11 is 0. The molecule has 106 valence electrons. The average molecular weight is 291 g/mol. The van der Waals surface area contributed by atoms with Gasteiger partial charge in [-0.05, 0) is 24.3 Å². The van der Waals surface area contributed by atoms with Crippen molar-refractivity contribution < 1.29 is 22.7 Å². The fourth-order valence-electron chi connectivity index (χ4n) is 1.71. The summed E-state index contributed by atoms with van der Waals surface area (Å²) in [4.78, 5) is 11.8. The lowest BCUT2D eigenvalue weighted by atomic mass is 10.1. The summed E-state index contributed by atoms with van der Waals surface area (Å²) in [6, 6.07) is 8.24. The van der Waals surface area contributed by atoms with Gasteiger partial charge < -0.3 is 4.74 Å². The Balaban J connectivity index is 2.20. The molecule has 0 aliphatic carbocycles. The van der Waals surface area contributed by atoms with Crippen molar-refractivity contribution >= 4 is 5.78 Å². The molecule has 21 heavy (non-hydrogen) atoms. The number of Topliss-reactive ketones (excluding diaryl/α,β-unsaturated/α-hetero) is 1. The molecule has 0 unspecified atom stereocenters. The van der Waals surface area contributed by atoms with E-state index in [4.69, 9.17) is 10.00 Å². The van der Waals surface area contributed by atoms with Gasteiger partial charge in [-0.2, -0.15) is 5.26 Å². The smallest absolute Gasteiger partial charge is 0.206 e. The Hall–Kier alpha value is -2.81. The first kappa shape index (κ1) is 14.6. The Morgan fingerprint density at radius 2 is 1.62 bits per heavy atom. The van der Waals surface area contributed by atoms with Crippen LogP contribution in [0.15, 0.2) is 36.4 Å². The van der Waals surface area contributed by atoms with Crippen molar-refractivity contribution in [1.82, 2.24) is 0 Å². The maximum Gasteiger partial charge on any atom is 0.206 e. The van der Waals surface area contributed by atoms with Crippen LogP contribution in [0.4, 0.5) is 13.2 Å². The minimum atomic E-state index is -1.01. The van der Waals surface area contributed by atoms with Gasteiger partial charge in [0, 0.05) is 0 Å². The van der Waals surface area contributed by atoms with Crippen LogP contribution in [0.3, 0.4) is 0 Å². The molecular formula is C15H8F3NO2. The lowest BCUT2D eigenvalue weighted by Crippen LogP contribution is -2.15. The van der Waals surface area contributed by atoms with Crippen LogP contribution in [0.1, 0.15) is 15.9 Å². The zero-order valence-electron chi connectivity index (χ0n) is 10.6. The molecule has 0 N–H and O–H groups in total. The first-order valence-corrected chi connectivity index (χ1v) is 5.83. The number of nitrogens with zero attached hydrogens (tertiary/aromatic N) is 1. The summed E-state index contributed by atoms with van der Waals surface area (Å²) in [5.74, 6) is -3.94. The van der Waals surface area contributed by atoms with Gasteiger partial charge in [-0.15, -0.1) is 0 Å². The molecule has 0 atom stereocenters. The number of carbonyl (C=O) groups excluding carboxylic acids is 1. The lowest BCUT2D eigenvalue weighted by Gasteiger charge is -2.08. The highest BCUT2D eigenvalue weighted by Gasteiger charge is 2.18. The first-order valence-electron chi connectivity index (χ1n) is 5.83. The highest BCUT2D eigenvalue weighted by Crippen LogP contribution is 2.21. The highest BCUT2D eigenvalue weighted by atomic mass is 19.1. The predicted molar refractivity (Wildman–Crippen MR) is 67.3 cm³/mol. The number of rotatable bonds is 4. The number of hydrogen-bond donors (Lipinski definition) is 0. The van der Waals surface area contributed by atoms with E-state index in [0.29, 0.717) is 0 Å². The normalized spacial score (nSPS) is 10.0. The van der Waals surface area contributed by atoms with Crippen LogP contribution in [0.25, 0.3) is 0 Å². The number of ether oxygens (including phenoxy) is 1. The van der Waals surface area contributed by atoms with Gasteiger partial charge in [0.15, 0.2) is 6.61 Å². The van der Waals surface area contributed by atoms with Gasteiger partial charge in [0.25, 0.3) is 0 Å². The van der Waals surface area contributed by atoms with Crippen LogP contribution in [-0.4, -0.2) is 12.4 Å². The van der Waals surface area contributed by atoms with Gasteiger partial charge in [-0.25, -0.2) is 13.2 Å². The van der Waals surface area contributed by atoms with Gasteiger partial charge in [-0.3, -0.25) is 4.79 Å². The Morgan fingerprint density at radius 3 is 2.24 bits per heavy atom. The summed E-state index contributed by atoms with van der Waals surface area (Å²) in [7, 11) is 0. The van der Waals surface area contributed by atoms with Gasteiger partial charge in [0.2, 0.25) is 5.78 Å². The third-order valence-corrected chi connectivity index (χ3v) is 2.69. The van der Waals surface area contributed by atoms with E-state index in [1.54, 1.807) is 6.07 Å². The van der Waals surface area contributed by atoms with E-state index >= 15 is 0 Å². The Labute approximate surface area is 118 Å². The van der Waals surface area contributed by atoms with Crippen LogP contribution in [0.2, 0.25) is 0 Å². The summed E-state index contributed by atoms with van der Waals surface area (Å²) in [5.41, 5.74) is -1.10. The Morgan fingerprint density at radius 1 is 1.05 bits per heavy atom. The molecule has 0 fully saturated rings. The van der Waals surface area contributed by atoms with Crippen LogP contribution in [-0.2, 0) is 0 Å². The second kappa shape index (κ2) is 6.09. The topological polar surface area (TPSA) is 50.1 Å². The maximum atomic E-state index is 13.4. The maximum absolute atomic E-state index is 13.4. The molecule has 0 radical (unpaired) electrons. The molecule has 0 saturated heterocycles. The number of hydrogen-bond acceptors (Lipinski definition) is 3. The number of ketones is 1. The minimum Gasteiger partial charge on any atom is -0.484 e. The lowest BCUT2D eigenvalue weighted by molar-refractivity contribution is 0.0912. The predicted octanol–water partition coefficient (Wildman–Crippen LogP) is 3.24. The molecule has 2 aromatic carbocycles. The van der Waals surface area contributed by atoms with E-state index in [9.17, 15) is 18.0 Å². The summed E-state index contributed by atoms with van der Waals surface area (Å²) in [5, 5.41) is 8.79. The van der Waals surface area contributed by atoms with Crippen molar-refractivity contribution in [3.8, 4) is 11.8 Å². The van der Waals surface area contributed by atoms with Gasteiger partial charge in [-0.1, -0.05) is 12.1 Å². The van der Waals surface area contributed by atoms with Crippen LogP contribution in [0.5, 0.6) is 5.75 Å². The summed E-state index contributed by atoms with van der Waals surface area (Å²) < 4.78 is 45.1. The van der Waals surface area contributed by atoms with Crippen molar-refractivity contribution in [3.63, 3.8) is 0 Å². The zero-order valence-corrected chi connectivity index (χ0v) is 10.6. The standard InChI is InChI=1S/C15H8F3NO2/c16-10-3-2-6-14(9(10)7-19)21-8-13(20)15-11(17)4-1-5-12(15)18/h1-6H,8H2. The molecule has 6 heteroatoms. The van der Waals surface area contributed by atoms with E-state index in [-0.39, 0.29) is 11.3 Å². The fourth-order valence-corrected chi connectivity index (χ4v) is 1.71. The third kappa shape index (κ3) is 3.03. The second-order valence-corrected chi connectivity index (χ2v) is 4.03. The average Bonchev–Trinajstić information content (AvgIpc) is 2.45. The first-order chi connectivity index (χ1) is 10.0. The Kier molecular flexibility index (Phi) is 4.24. The SMILES string of the molecule is N#Cc1c(F)cccc1OCC(=O)c1c(F)cccc1F. The number of nitriles is 1.